The van der Waals surface area contributed by atoms with E-state index in [2.05, 4.69) is 77.1 Å². The van der Waals surface area contributed by atoms with Gasteiger partial charge in [0.25, 0.3) is 0 Å². The zero-order valence-electron chi connectivity index (χ0n) is 18.4. The minimum Gasteiger partial charge on any atom is -0.207 e. The van der Waals surface area contributed by atoms with Crippen LogP contribution in [0.2, 0.25) is 0 Å². The van der Waals surface area contributed by atoms with Gasteiger partial charge in [0.2, 0.25) is 0 Å². The lowest BCUT2D eigenvalue weighted by molar-refractivity contribution is 0.621. The molecule has 0 aromatic heterocycles. The molecule has 0 amide bonds. The maximum Gasteiger partial charge on any atom is 0.123 e. The summed E-state index contributed by atoms with van der Waals surface area (Å²) in [5.74, 6) is 1.15. The van der Waals surface area contributed by atoms with Crippen LogP contribution in [0.1, 0.15) is 78.8 Å². The van der Waals surface area contributed by atoms with Crippen LogP contribution in [0.3, 0.4) is 0 Å². The van der Waals surface area contributed by atoms with Crippen molar-refractivity contribution in [1.29, 1.82) is 0 Å². The predicted molar refractivity (Wildman–Crippen MR) is 122 cm³/mol. The van der Waals surface area contributed by atoms with E-state index in [0.717, 1.165) is 18.4 Å². The Labute approximate surface area is 175 Å². The number of rotatable bonds is 7. The average molecular weight is 389 g/mol. The van der Waals surface area contributed by atoms with E-state index < -0.39 is 0 Å². The Morgan fingerprint density at radius 1 is 0.655 bits per heavy atom. The normalized spacial score (nSPS) is 13.5. The lowest BCUT2D eigenvalue weighted by Gasteiger charge is -2.18. The predicted octanol–water partition coefficient (Wildman–Crippen LogP) is 7.95. The van der Waals surface area contributed by atoms with E-state index in [9.17, 15) is 4.39 Å². The molecule has 1 heteroatoms. The second kappa shape index (κ2) is 9.39. The zero-order valence-corrected chi connectivity index (χ0v) is 18.4. The summed E-state index contributed by atoms with van der Waals surface area (Å²) in [6.45, 7) is 11.2. The molecule has 2 unspecified atom stereocenters. The molecule has 0 aliphatic rings. The van der Waals surface area contributed by atoms with Crippen LogP contribution in [-0.2, 0) is 12.8 Å². The molecule has 0 bridgehead atoms. The second-order valence-electron chi connectivity index (χ2n) is 8.92. The summed E-state index contributed by atoms with van der Waals surface area (Å²) in [4.78, 5) is 0. The molecule has 0 aliphatic heterocycles. The number of halogens is 1. The number of hydrogen-bond donors (Lipinski definition) is 0. The molecule has 29 heavy (non-hydrogen) atoms. The van der Waals surface area contributed by atoms with Gasteiger partial charge in [0.15, 0.2) is 0 Å². The third kappa shape index (κ3) is 5.79. The van der Waals surface area contributed by atoms with Crippen molar-refractivity contribution in [2.75, 3.05) is 0 Å². The standard InChI is InChI=1S/C28H33F/c1-19(2)25-9-6-8-23(16-25)14-22(5)27-13-20(3)12-24(17-27)15-21(4)26-10-7-11-28(29)18-26/h6-13,16-19,21-22H,14-15H2,1-5H3. The summed E-state index contributed by atoms with van der Waals surface area (Å²) in [5, 5.41) is 0. The summed E-state index contributed by atoms with van der Waals surface area (Å²) in [6, 6.07) is 22.9. The zero-order chi connectivity index (χ0) is 21.0. The third-order valence-electron chi connectivity index (χ3n) is 5.85. The van der Waals surface area contributed by atoms with E-state index in [1.54, 1.807) is 12.1 Å². The largest absolute Gasteiger partial charge is 0.207 e. The topological polar surface area (TPSA) is 0 Å². The highest BCUT2D eigenvalue weighted by atomic mass is 19.1. The van der Waals surface area contributed by atoms with Gasteiger partial charge in [-0.25, -0.2) is 4.39 Å². The molecule has 0 heterocycles. The van der Waals surface area contributed by atoms with Gasteiger partial charge in [-0.1, -0.05) is 87.9 Å². The highest BCUT2D eigenvalue weighted by Crippen LogP contribution is 2.27. The Hall–Kier alpha value is -2.41. The molecule has 0 saturated heterocycles. The summed E-state index contributed by atoms with van der Waals surface area (Å²) < 4.78 is 13.6. The molecule has 0 spiro atoms. The van der Waals surface area contributed by atoms with Gasteiger partial charge in [0, 0.05) is 0 Å². The van der Waals surface area contributed by atoms with Crippen LogP contribution in [-0.4, -0.2) is 0 Å². The number of aryl methyl sites for hydroxylation is 1. The lowest BCUT2D eigenvalue weighted by atomic mass is 9.87. The van der Waals surface area contributed by atoms with Crippen LogP contribution < -0.4 is 0 Å². The molecule has 0 N–H and O–H groups in total. The second-order valence-corrected chi connectivity index (χ2v) is 8.92. The Balaban J connectivity index is 1.76. The molecule has 3 aromatic rings. The smallest absolute Gasteiger partial charge is 0.123 e. The maximum atomic E-state index is 13.6. The van der Waals surface area contributed by atoms with Crippen LogP contribution >= 0.6 is 0 Å². The first kappa shape index (κ1) is 21.3. The van der Waals surface area contributed by atoms with Gasteiger partial charge in [-0.15, -0.1) is 0 Å². The van der Waals surface area contributed by atoms with Gasteiger partial charge >= 0.3 is 0 Å². The van der Waals surface area contributed by atoms with Crippen molar-refractivity contribution in [2.24, 2.45) is 0 Å². The maximum absolute atomic E-state index is 13.6. The van der Waals surface area contributed by atoms with Crippen LogP contribution in [0.25, 0.3) is 0 Å². The first-order valence-electron chi connectivity index (χ1n) is 10.8. The molecule has 0 aliphatic carbocycles. The number of benzene rings is 3. The fourth-order valence-electron chi connectivity index (χ4n) is 4.13. The lowest BCUT2D eigenvalue weighted by Crippen LogP contribution is -2.04. The molecule has 0 saturated carbocycles. The highest BCUT2D eigenvalue weighted by Gasteiger charge is 2.13. The first-order valence-corrected chi connectivity index (χ1v) is 10.8. The van der Waals surface area contributed by atoms with E-state index in [-0.39, 0.29) is 5.82 Å². The van der Waals surface area contributed by atoms with Gasteiger partial charge in [0.1, 0.15) is 5.82 Å². The van der Waals surface area contributed by atoms with Crippen molar-refractivity contribution in [3.8, 4) is 0 Å². The van der Waals surface area contributed by atoms with Crippen molar-refractivity contribution in [3.63, 3.8) is 0 Å². The van der Waals surface area contributed by atoms with Crippen LogP contribution in [0.15, 0.2) is 66.7 Å². The summed E-state index contributed by atoms with van der Waals surface area (Å²) >= 11 is 0. The summed E-state index contributed by atoms with van der Waals surface area (Å²) in [5.41, 5.74) is 7.89. The molecule has 2 atom stereocenters. The first-order chi connectivity index (χ1) is 13.8. The van der Waals surface area contributed by atoms with Crippen molar-refractivity contribution < 1.29 is 4.39 Å². The molecule has 3 rings (SSSR count). The fraction of sp³-hybridized carbons (Fsp3) is 0.357. The Kier molecular flexibility index (Phi) is 6.90. The van der Waals surface area contributed by atoms with E-state index in [1.165, 1.54) is 33.9 Å². The monoisotopic (exact) mass is 388 g/mol. The molecular weight excluding hydrogens is 355 g/mol. The SMILES string of the molecule is Cc1cc(CC(C)c2cccc(F)c2)cc(C(C)Cc2cccc(C(C)C)c2)c1. The fourth-order valence-corrected chi connectivity index (χ4v) is 4.13. The van der Waals surface area contributed by atoms with Crippen LogP contribution in [0.4, 0.5) is 4.39 Å². The number of hydrogen-bond acceptors (Lipinski definition) is 0. The average Bonchev–Trinajstić information content (AvgIpc) is 2.67. The van der Waals surface area contributed by atoms with Crippen LogP contribution in [0, 0.1) is 12.7 Å². The molecular formula is C28H33F. The third-order valence-corrected chi connectivity index (χ3v) is 5.85. The van der Waals surface area contributed by atoms with Gasteiger partial charge < -0.3 is 0 Å². The minimum absolute atomic E-state index is 0.156. The summed E-state index contributed by atoms with van der Waals surface area (Å²) in [6.07, 6.45) is 1.97. The van der Waals surface area contributed by atoms with E-state index in [0.29, 0.717) is 17.8 Å². The quantitative estimate of drug-likeness (QED) is 0.385. The van der Waals surface area contributed by atoms with Crippen molar-refractivity contribution in [3.05, 3.63) is 106 Å². The highest BCUT2D eigenvalue weighted by molar-refractivity contribution is 5.35. The minimum atomic E-state index is -0.156. The molecule has 0 nitrogen and oxygen atoms in total. The van der Waals surface area contributed by atoms with Gasteiger partial charge in [0.05, 0.1) is 0 Å². The van der Waals surface area contributed by atoms with E-state index in [4.69, 9.17) is 0 Å². The van der Waals surface area contributed by atoms with Crippen molar-refractivity contribution in [1.82, 2.24) is 0 Å². The van der Waals surface area contributed by atoms with Gasteiger partial charge in [-0.05, 0) is 77.5 Å². The van der Waals surface area contributed by atoms with E-state index >= 15 is 0 Å². The molecule has 152 valence electrons. The molecule has 0 fully saturated rings. The van der Waals surface area contributed by atoms with Crippen molar-refractivity contribution >= 4 is 0 Å². The van der Waals surface area contributed by atoms with Crippen LogP contribution in [0.5, 0.6) is 0 Å². The Bertz CT molecular complexity index is 954. The van der Waals surface area contributed by atoms with Gasteiger partial charge in [-0.2, -0.15) is 0 Å². The Morgan fingerprint density at radius 2 is 1.28 bits per heavy atom. The molecule has 0 radical (unpaired) electrons. The molecule has 3 aromatic carbocycles. The van der Waals surface area contributed by atoms with Crippen molar-refractivity contribution in [2.45, 2.75) is 65.2 Å². The Morgan fingerprint density at radius 3 is 2.00 bits per heavy atom. The summed E-state index contributed by atoms with van der Waals surface area (Å²) in [7, 11) is 0. The van der Waals surface area contributed by atoms with Gasteiger partial charge in [-0.3, -0.25) is 0 Å². The van der Waals surface area contributed by atoms with E-state index in [1.807, 2.05) is 6.07 Å².